The van der Waals surface area contributed by atoms with Crippen LogP contribution in [0.25, 0.3) is 0 Å². The van der Waals surface area contributed by atoms with Crippen molar-refractivity contribution in [2.24, 2.45) is 11.7 Å². The molecule has 0 aromatic carbocycles. The first-order chi connectivity index (χ1) is 9.11. The number of rotatable bonds is 6. The summed E-state index contributed by atoms with van der Waals surface area (Å²) in [7, 11) is 0. The second-order valence-corrected chi connectivity index (χ2v) is 5.17. The smallest absolute Gasteiger partial charge is 0.274 e. The molecule has 5 heteroatoms. The van der Waals surface area contributed by atoms with Gasteiger partial charge in [0.05, 0.1) is 6.10 Å². The summed E-state index contributed by atoms with van der Waals surface area (Å²) in [5.74, 6) is 0.826. The van der Waals surface area contributed by atoms with Crippen molar-refractivity contribution in [2.45, 2.75) is 38.8 Å². The predicted molar refractivity (Wildman–Crippen MR) is 73.0 cm³/mol. The van der Waals surface area contributed by atoms with Crippen molar-refractivity contribution in [3.8, 4) is 5.75 Å². The molecule has 1 fully saturated rings. The van der Waals surface area contributed by atoms with Crippen molar-refractivity contribution >= 4 is 5.91 Å². The number of pyridine rings is 1. The van der Waals surface area contributed by atoms with Crippen LogP contribution in [0.2, 0.25) is 0 Å². The average Bonchev–Trinajstić information content (AvgIpc) is 3.20. The van der Waals surface area contributed by atoms with Crippen molar-refractivity contribution in [3.63, 3.8) is 0 Å². The van der Waals surface area contributed by atoms with Crippen LogP contribution < -0.4 is 15.8 Å². The van der Waals surface area contributed by atoms with Gasteiger partial charge < -0.3 is 15.8 Å². The normalized spacial score (nSPS) is 16.2. The molecule has 1 atom stereocenters. The number of nitrogens with one attached hydrogen (secondary N) is 1. The van der Waals surface area contributed by atoms with Gasteiger partial charge in [0.1, 0.15) is 0 Å². The molecular weight excluding hydrogens is 242 g/mol. The van der Waals surface area contributed by atoms with Gasteiger partial charge >= 0.3 is 0 Å². The zero-order valence-electron chi connectivity index (χ0n) is 11.4. The molecule has 0 aliphatic heterocycles. The number of nitrogens with zero attached hydrogens (tertiary/aromatic N) is 1. The van der Waals surface area contributed by atoms with Gasteiger partial charge in [-0.3, -0.25) is 4.79 Å². The molecule has 3 N–H and O–H groups in total. The number of carbonyl (C=O) groups excluding carboxylic acids is 1. The third-order valence-corrected chi connectivity index (χ3v) is 3.11. The Bertz CT molecular complexity index is 444. The average molecular weight is 263 g/mol. The topological polar surface area (TPSA) is 77.2 Å². The summed E-state index contributed by atoms with van der Waals surface area (Å²) < 4.78 is 5.60. The Kier molecular flexibility index (Phi) is 4.37. The van der Waals surface area contributed by atoms with E-state index in [0.717, 1.165) is 12.8 Å². The van der Waals surface area contributed by atoms with Crippen molar-refractivity contribution in [2.75, 3.05) is 6.54 Å². The Balaban J connectivity index is 2.09. The van der Waals surface area contributed by atoms with Crippen LogP contribution in [0, 0.1) is 5.92 Å². The molecule has 1 amide bonds. The molecule has 1 unspecified atom stereocenters. The fourth-order valence-corrected chi connectivity index (χ4v) is 2.01. The zero-order valence-corrected chi connectivity index (χ0v) is 11.4. The molecular formula is C14H21N3O2. The van der Waals surface area contributed by atoms with Gasteiger partial charge in [0, 0.05) is 18.8 Å². The summed E-state index contributed by atoms with van der Waals surface area (Å²) in [6.45, 7) is 4.30. The fraction of sp³-hybridized carbons (Fsp3) is 0.571. The lowest BCUT2D eigenvalue weighted by atomic mass is 10.2. The third-order valence-electron chi connectivity index (χ3n) is 3.11. The highest BCUT2D eigenvalue weighted by Gasteiger charge is 2.32. The molecule has 2 rings (SSSR count). The fourth-order valence-electron chi connectivity index (χ4n) is 2.01. The molecule has 19 heavy (non-hydrogen) atoms. The Hall–Kier alpha value is -1.62. The third kappa shape index (κ3) is 3.67. The van der Waals surface area contributed by atoms with E-state index in [1.807, 2.05) is 13.8 Å². The number of hydrogen-bond acceptors (Lipinski definition) is 4. The molecule has 104 valence electrons. The van der Waals surface area contributed by atoms with E-state index in [2.05, 4.69) is 10.3 Å². The highest BCUT2D eigenvalue weighted by Crippen LogP contribution is 2.32. The first-order valence-corrected chi connectivity index (χ1v) is 6.74. The van der Waals surface area contributed by atoms with Crippen molar-refractivity contribution in [3.05, 3.63) is 24.0 Å². The standard InChI is InChI=1S/C14H21N3O2/c1-9(2)19-12-4-3-7-16-13(12)14(18)17-11(8-15)10-5-6-10/h3-4,7,9-11H,5-6,8,15H2,1-2H3,(H,17,18). The van der Waals surface area contributed by atoms with Gasteiger partial charge in [0.2, 0.25) is 0 Å². The van der Waals surface area contributed by atoms with E-state index in [-0.39, 0.29) is 18.1 Å². The molecule has 1 heterocycles. The number of aromatic nitrogens is 1. The summed E-state index contributed by atoms with van der Waals surface area (Å²) in [4.78, 5) is 16.4. The number of amides is 1. The van der Waals surface area contributed by atoms with Crippen LogP contribution in [0.15, 0.2) is 18.3 Å². The predicted octanol–water partition coefficient (Wildman–Crippen LogP) is 1.34. The molecule has 1 aromatic heterocycles. The van der Waals surface area contributed by atoms with Crippen LogP contribution >= 0.6 is 0 Å². The maximum Gasteiger partial charge on any atom is 0.274 e. The van der Waals surface area contributed by atoms with Crippen LogP contribution in [0.3, 0.4) is 0 Å². The molecule has 0 spiro atoms. The maximum absolute atomic E-state index is 12.2. The quantitative estimate of drug-likeness (QED) is 0.812. The highest BCUT2D eigenvalue weighted by molar-refractivity contribution is 5.95. The summed E-state index contributed by atoms with van der Waals surface area (Å²) >= 11 is 0. The summed E-state index contributed by atoms with van der Waals surface area (Å²) in [6.07, 6.45) is 3.88. The Labute approximate surface area is 113 Å². The van der Waals surface area contributed by atoms with Gasteiger partial charge in [0.15, 0.2) is 11.4 Å². The van der Waals surface area contributed by atoms with Crippen LogP contribution in [0.1, 0.15) is 37.2 Å². The maximum atomic E-state index is 12.2. The van der Waals surface area contributed by atoms with E-state index in [4.69, 9.17) is 10.5 Å². The minimum atomic E-state index is -0.210. The molecule has 1 aliphatic carbocycles. The van der Waals surface area contributed by atoms with E-state index < -0.39 is 0 Å². The zero-order chi connectivity index (χ0) is 13.8. The van der Waals surface area contributed by atoms with Gasteiger partial charge in [0.25, 0.3) is 5.91 Å². The number of ether oxygens (including phenoxy) is 1. The molecule has 5 nitrogen and oxygen atoms in total. The lowest BCUT2D eigenvalue weighted by Gasteiger charge is -2.17. The second-order valence-electron chi connectivity index (χ2n) is 5.17. The number of nitrogens with two attached hydrogens (primary N) is 1. The van der Waals surface area contributed by atoms with Crippen molar-refractivity contribution in [1.29, 1.82) is 0 Å². The van der Waals surface area contributed by atoms with Crippen LogP contribution in [0.4, 0.5) is 0 Å². The molecule has 1 aliphatic rings. The van der Waals surface area contributed by atoms with Crippen molar-refractivity contribution in [1.82, 2.24) is 10.3 Å². The Morgan fingerprint density at radius 3 is 2.89 bits per heavy atom. The minimum absolute atomic E-state index is 0.00416. The molecule has 0 radical (unpaired) electrons. The molecule has 0 saturated heterocycles. The van der Waals surface area contributed by atoms with Crippen LogP contribution in [-0.2, 0) is 0 Å². The molecule has 1 saturated carbocycles. The number of hydrogen-bond donors (Lipinski definition) is 2. The first-order valence-electron chi connectivity index (χ1n) is 6.74. The summed E-state index contributed by atoms with van der Waals surface area (Å²) in [6, 6.07) is 3.56. The lowest BCUT2D eigenvalue weighted by molar-refractivity contribution is 0.0922. The minimum Gasteiger partial charge on any atom is -0.489 e. The molecule has 0 bridgehead atoms. The van der Waals surface area contributed by atoms with E-state index in [0.29, 0.717) is 23.9 Å². The van der Waals surface area contributed by atoms with Gasteiger partial charge in [-0.2, -0.15) is 0 Å². The summed E-state index contributed by atoms with van der Waals surface area (Å²) in [5, 5.41) is 2.95. The van der Waals surface area contributed by atoms with Crippen LogP contribution in [-0.4, -0.2) is 29.6 Å². The van der Waals surface area contributed by atoms with Crippen molar-refractivity contribution < 1.29 is 9.53 Å². The van der Waals surface area contributed by atoms with E-state index >= 15 is 0 Å². The van der Waals surface area contributed by atoms with E-state index in [1.54, 1.807) is 18.3 Å². The Morgan fingerprint density at radius 1 is 1.58 bits per heavy atom. The first kappa shape index (κ1) is 13.8. The van der Waals surface area contributed by atoms with Gasteiger partial charge in [-0.25, -0.2) is 4.98 Å². The second kappa shape index (κ2) is 6.02. The number of carbonyl (C=O) groups is 1. The lowest BCUT2D eigenvalue weighted by Crippen LogP contribution is -2.42. The Morgan fingerprint density at radius 2 is 2.32 bits per heavy atom. The van der Waals surface area contributed by atoms with Crippen LogP contribution in [0.5, 0.6) is 5.75 Å². The highest BCUT2D eigenvalue weighted by atomic mass is 16.5. The van der Waals surface area contributed by atoms with E-state index in [1.165, 1.54) is 0 Å². The largest absolute Gasteiger partial charge is 0.489 e. The SMILES string of the molecule is CC(C)Oc1cccnc1C(=O)NC(CN)C1CC1. The van der Waals surface area contributed by atoms with Gasteiger partial charge in [-0.1, -0.05) is 0 Å². The molecule has 1 aromatic rings. The van der Waals surface area contributed by atoms with E-state index in [9.17, 15) is 4.79 Å². The van der Waals surface area contributed by atoms with Gasteiger partial charge in [-0.15, -0.1) is 0 Å². The summed E-state index contributed by atoms with van der Waals surface area (Å²) in [5.41, 5.74) is 6.02. The monoisotopic (exact) mass is 263 g/mol. The van der Waals surface area contributed by atoms with Gasteiger partial charge in [-0.05, 0) is 44.7 Å².